The summed E-state index contributed by atoms with van der Waals surface area (Å²) in [5.74, 6) is 0.356. The highest BCUT2D eigenvalue weighted by molar-refractivity contribution is 5.33. The van der Waals surface area contributed by atoms with Crippen molar-refractivity contribution in [2.24, 2.45) is 0 Å². The van der Waals surface area contributed by atoms with Gasteiger partial charge in [0.05, 0.1) is 6.10 Å². The number of rotatable bonds is 1. The second-order valence-electron chi connectivity index (χ2n) is 3.41. The Bertz CT molecular complexity index is 277. The molecular weight excluding hydrogens is 164 g/mol. The predicted molar refractivity (Wildman–Crippen MR) is 50.7 cm³/mol. The highest BCUT2D eigenvalue weighted by Crippen LogP contribution is 2.32. The fourth-order valence-corrected chi connectivity index (χ4v) is 1.75. The van der Waals surface area contributed by atoms with Gasteiger partial charge in [-0.1, -0.05) is 18.2 Å². The van der Waals surface area contributed by atoms with Gasteiger partial charge in [-0.05, 0) is 25.3 Å². The molecule has 1 aromatic rings. The lowest BCUT2D eigenvalue weighted by atomic mass is 10.0. The maximum absolute atomic E-state index is 9.58. The van der Waals surface area contributed by atoms with Crippen LogP contribution in [-0.4, -0.2) is 11.7 Å². The van der Waals surface area contributed by atoms with Crippen LogP contribution in [0.2, 0.25) is 0 Å². The van der Waals surface area contributed by atoms with Gasteiger partial charge >= 0.3 is 0 Å². The molecular formula is C11H14O2. The highest BCUT2D eigenvalue weighted by Gasteiger charge is 2.18. The number of hydrogen-bond acceptors (Lipinski definition) is 2. The topological polar surface area (TPSA) is 29.5 Å². The molecule has 1 fully saturated rings. The lowest BCUT2D eigenvalue weighted by Gasteiger charge is -2.23. The Morgan fingerprint density at radius 2 is 2.08 bits per heavy atom. The van der Waals surface area contributed by atoms with Gasteiger partial charge in [-0.3, -0.25) is 0 Å². The van der Waals surface area contributed by atoms with Gasteiger partial charge < -0.3 is 9.84 Å². The molecule has 0 amide bonds. The van der Waals surface area contributed by atoms with Gasteiger partial charge in [0.25, 0.3) is 0 Å². The maximum Gasteiger partial charge on any atom is 0.121 e. The number of ether oxygens (including phenoxy) is 1. The number of para-hydroxylation sites is 1. The summed E-state index contributed by atoms with van der Waals surface area (Å²) in [6.45, 7) is 0.818. The van der Waals surface area contributed by atoms with Crippen molar-refractivity contribution >= 4 is 0 Å². The van der Waals surface area contributed by atoms with Crippen LogP contribution in [0.15, 0.2) is 24.3 Å². The molecule has 0 spiro atoms. The van der Waals surface area contributed by atoms with Crippen molar-refractivity contribution in [2.75, 3.05) is 6.61 Å². The second-order valence-corrected chi connectivity index (χ2v) is 3.41. The molecule has 0 aromatic heterocycles. The van der Waals surface area contributed by atoms with E-state index in [1.54, 1.807) is 6.07 Å². The van der Waals surface area contributed by atoms with Crippen molar-refractivity contribution in [3.8, 4) is 5.75 Å². The minimum atomic E-state index is 0.106. The lowest BCUT2D eigenvalue weighted by molar-refractivity contribution is 0.0136. The second kappa shape index (κ2) is 3.79. The quantitative estimate of drug-likeness (QED) is 0.716. The lowest BCUT2D eigenvalue weighted by Crippen LogP contribution is -2.11. The largest absolute Gasteiger partial charge is 0.508 e. The average molecular weight is 178 g/mol. The van der Waals surface area contributed by atoms with Crippen LogP contribution in [0.4, 0.5) is 0 Å². The Morgan fingerprint density at radius 1 is 1.23 bits per heavy atom. The summed E-state index contributed by atoms with van der Waals surface area (Å²) in [6.07, 6.45) is 3.47. The van der Waals surface area contributed by atoms with Crippen LogP contribution < -0.4 is 0 Å². The van der Waals surface area contributed by atoms with Crippen LogP contribution in [0.3, 0.4) is 0 Å². The van der Waals surface area contributed by atoms with Crippen molar-refractivity contribution in [1.29, 1.82) is 0 Å². The number of benzene rings is 1. The number of phenols is 1. The predicted octanol–water partition coefficient (Wildman–Crippen LogP) is 2.63. The molecule has 2 heteroatoms. The van der Waals surface area contributed by atoms with Crippen LogP contribution in [-0.2, 0) is 4.74 Å². The van der Waals surface area contributed by atoms with Crippen molar-refractivity contribution in [1.82, 2.24) is 0 Å². The SMILES string of the molecule is Oc1ccccc1C1CCCCO1. The van der Waals surface area contributed by atoms with Gasteiger partial charge in [0.15, 0.2) is 0 Å². The Labute approximate surface area is 78.2 Å². The molecule has 1 atom stereocenters. The zero-order valence-corrected chi connectivity index (χ0v) is 7.57. The molecule has 0 bridgehead atoms. The van der Waals surface area contributed by atoms with Gasteiger partial charge in [0, 0.05) is 12.2 Å². The Balaban J connectivity index is 2.18. The molecule has 0 aliphatic carbocycles. The van der Waals surface area contributed by atoms with Crippen molar-refractivity contribution in [3.05, 3.63) is 29.8 Å². The van der Waals surface area contributed by atoms with Crippen molar-refractivity contribution in [3.63, 3.8) is 0 Å². The summed E-state index contributed by atoms with van der Waals surface area (Å²) in [4.78, 5) is 0. The van der Waals surface area contributed by atoms with Gasteiger partial charge in [0.1, 0.15) is 5.75 Å². The Kier molecular flexibility index (Phi) is 2.50. The average Bonchev–Trinajstić information content (AvgIpc) is 2.20. The van der Waals surface area contributed by atoms with Gasteiger partial charge in [-0.15, -0.1) is 0 Å². The third-order valence-electron chi connectivity index (χ3n) is 2.46. The third kappa shape index (κ3) is 1.83. The van der Waals surface area contributed by atoms with E-state index in [2.05, 4.69) is 0 Å². The van der Waals surface area contributed by atoms with Gasteiger partial charge in [-0.25, -0.2) is 0 Å². The molecule has 2 nitrogen and oxygen atoms in total. The van der Waals surface area contributed by atoms with Crippen molar-refractivity contribution < 1.29 is 9.84 Å². The summed E-state index contributed by atoms with van der Waals surface area (Å²) in [6, 6.07) is 7.42. The van der Waals surface area contributed by atoms with E-state index in [0.717, 1.165) is 25.0 Å². The molecule has 13 heavy (non-hydrogen) atoms. The summed E-state index contributed by atoms with van der Waals surface area (Å²) < 4.78 is 5.58. The van der Waals surface area contributed by atoms with E-state index in [1.165, 1.54) is 6.42 Å². The number of phenolic OH excluding ortho intramolecular Hbond substituents is 1. The van der Waals surface area contributed by atoms with Gasteiger partial charge in [0.2, 0.25) is 0 Å². The first-order valence-corrected chi connectivity index (χ1v) is 4.77. The zero-order chi connectivity index (χ0) is 9.10. The molecule has 1 heterocycles. The molecule has 70 valence electrons. The van der Waals surface area contributed by atoms with E-state index < -0.39 is 0 Å². The van der Waals surface area contributed by atoms with E-state index in [-0.39, 0.29) is 6.10 Å². The van der Waals surface area contributed by atoms with E-state index in [4.69, 9.17) is 4.74 Å². The molecule has 1 aliphatic rings. The summed E-state index contributed by atoms with van der Waals surface area (Å²) >= 11 is 0. The molecule has 0 radical (unpaired) electrons. The normalized spacial score (nSPS) is 22.9. The third-order valence-corrected chi connectivity index (χ3v) is 2.46. The molecule has 1 N–H and O–H groups in total. The summed E-state index contributed by atoms with van der Waals surface area (Å²) in [5, 5.41) is 9.58. The molecule has 1 aliphatic heterocycles. The Hall–Kier alpha value is -1.02. The number of aromatic hydroxyl groups is 1. The first-order chi connectivity index (χ1) is 6.38. The smallest absolute Gasteiger partial charge is 0.121 e. The van der Waals surface area contributed by atoms with E-state index in [9.17, 15) is 5.11 Å². The zero-order valence-electron chi connectivity index (χ0n) is 7.57. The van der Waals surface area contributed by atoms with E-state index in [1.807, 2.05) is 18.2 Å². The minimum absolute atomic E-state index is 0.106. The van der Waals surface area contributed by atoms with Gasteiger partial charge in [-0.2, -0.15) is 0 Å². The van der Waals surface area contributed by atoms with Crippen LogP contribution in [0, 0.1) is 0 Å². The fourth-order valence-electron chi connectivity index (χ4n) is 1.75. The van der Waals surface area contributed by atoms with Crippen LogP contribution >= 0.6 is 0 Å². The van der Waals surface area contributed by atoms with E-state index in [0.29, 0.717) is 5.75 Å². The summed E-state index contributed by atoms with van der Waals surface area (Å²) in [5.41, 5.74) is 0.933. The first kappa shape index (κ1) is 8.57. The molecule has 1 saturated heterocycles. The highest BCUT2D eigenvalue weighted by atomic mass is 16.5. The maximum atomic E-state index is 9.58. The number of hydrogen-bond donors (Lipinski definition) is 1. The van der Waals surface area contributed by atoms with E-state index >= 15 is 0 Å². The fraction of sp³-hybridized carbons (Fsp3) is 0.455. The minimum Gasteiger partial charge on any atom is -0.508 e. The van der Waals surface area contributed by atoms with Crippen LogP contribution in [0.1, 0.15) is 30.9 Å². The molecule has 2 rings (SSSR count). The summed E-state index contributed by atoms with van der Waals surface area (Å²) in [7, 11) is 0. The standard InChI is InChI=1S/C11H14O2/c12-10-6-2-1-5-9(10)11-7-3-4-8-13-11/h1-2,5-6,11-12H,3-4,7-8H2. The van der Waals surface area contributed by atoms with Crippen LogP contribution in [0.25, 0.3) is 0 Å². The Morgan fingerprint density at radius 3 is 2.77 bits per heavy atom. The molecule has 0 saturated carbocycles. The van der Waals surface area contributed by atoms with Crippen LogP contribution in [0.5, 0.6) is 5.75 Å². The first-order valence-electron chi connectivity index (χ1n) is 4.77. The van der Waals surface area contributed by atoms with Crippen molar-refractivity contribution in [2.45, 2.75) is 25.4 Å². The monoisotopic (exact) mass is 178 g/mol. The molecule has 1 aromatic carbocycles. The molecule has 1 unspecified atom stereocenters.